The van der Waals surface area contributed by atoms with E-state index in [1.807, 2.05) is 24.3 Å². The van der Waals surface area contributed by atoms with Gasteiger partial charge >= 0.3 is 0 Å². The van der Waals surface area contributed by atoms with E-state index < -0.39 is 0 Å². The molecule has 1 unspecified atom stereocenters. The second kappa shape index (κ2) is 11.8. The van der Waals surface area contributed by atoms with Crippen molar-refractivity contribution in [3.8, 4) is 0 Å². The fourth-order valence-corrected chi connectivity index (χ4v) is 3.56. The van der Waals surface area contributed by atoms with Gasteiger partial charge in [0.1, 0.15) is 4.99 Å². The Morgan fingerprint density at radius 1 is 1.25 bits per heavy atom. The molecule has 0 amide bonds. The van der Waals surface area contributed by atoms with Crippen LogP contribution < -0.4 is 16.4 Å². The minimum absolute atomic E-state index is 0.363. The third-order valence-corrected chi connectivity index (χ3v) is 5.62. The van der Waals surface area contributed by atoms with Crippen LogP contribution in [0.5, 0.6) is 0 Å². The summed E-state index contributed by atoms with van der Waals surface area (Å²) in [6.45, 7) is 9.54. The summed E-state index contributed by atoms with van der Waals surface area (Å²) >= 11 is 5.58. The molecule has 1 aliphatic heterocycles. The van der Waals surface area contributed by atoms with Crippen molar-refractivity contribution >= 4 is 22.9 Å². The number of hydrogen-bond donors (Lipinski definition) is 3. The molecule has 28 heavy (non-hydrogen) atoms. The summed E-state index contributed by atoms with van der Waals surface area (Å²) in [7, 11) is 0. The van der Waals surface area contributed by atoms with Crippen LogP contribution in [0.4, 0.5) is 5.69 Å². The molecule has 1 saturated heterocycles. The zero-order valence-electron chi connectivity index (χ0n) is 17.4. The number of aromatic nitrogens is 1. The number of nitrogens with zero attached hydrogens (tertiary/aromatic N) is 1. The maximum Gasteiger partial charge on any atom is 0.110 e. The van der Waals surface area contributed by atoms with Gasteiger partial charge in [0.15, 0.2) is 0 Å². The van der Waals surface area contributed by atoms with Crippen molar-refractivity contribution in [3.63, 3.8) is 0 Å². The Balaban J connectivity index is 0.000000336. The third-order valence-electron chi connectivity index (χ3n) is 5.27. The standard InChI is InChI=1S/C16H26N4S.C7H8/c1-3-11(2)15-14(13(17)6-9-19-15)16(21)20-10-12-4-7-18-8-5-12;1-7-5-3-2-4-6-7/h6,9,11-12,18H,3-5,7-8,10H2,1-2H3,(H2,17,19)(H,20,21);2-6H,1H3. The molecule has 5 heteroatoms. The van der Waals surface area contributed by atoms with E-state index in [1.54, 1.807) is 6.20 Å². The van der Waals surface area contributed by atoms with Crippen molar-refractivity contribution in [2.24, 2.45) is 5.92 Å². The molecule has 1 aliphatic rings. The highest BCUT2D eigenvalue weighted by Gasteiger charge is 2.18. The number of hydrogen-bond acceptors (Lipinski definition) is 4. The average molecular weight is 399 g/mol. The van der Waals surface area contributed by atoms with Gasteiger partial charge in [-0.3, -0.25) is 4.98 Å². The maximum atomic E-state index is 6.15. The number of piperidine rings is 1. The normalized spacial score (nSPS) is 15.2. The monoisotopic (exact) mass is 398 g/mol. The van der Waals surface area contributed by atoms with Crippen LogP contribution >= 0.6 is 12.2 Å². The number of rotatable bonds is 5. The molecule has 0 radical (unpaired) electrons. The molecule has 1 atom stereocenters. The molecule has 0 spiro atoms. The summed E-state index contributed by atoms with van der Waals surface area (Å²) in [5.74, 6) is 1.05. The van der Waals surface area contributed by atoms with E-state index in [0.717, 1.165) is 48.0 Å². The Labute approximate surface area is 175 Å². The van der Waals surface area contributed by atoms with Gasteiger partial charge in [-0.05, 0) is 57.2 Å². The molecule has 1 fully saturated rings. The van der Waals surface area contributed by atoms with Gasteiger partial charge in [0.2, 0.25) is 0 Å². The van der Waals surface area contributed by atoms with Gasteiger partial charge in [0, 0.05) is 18.4 Å². The van der Waals surface area contributed by atoms with Gasteiger partial charge in [-0.1, -0.05) is 62.0 Å². The number of pyridine rings is 1. The molecule has 2 heterocycles. The first-order valence-electron chi connectivity index (χ1n) is 10.3. The molecule has 4 nitrogen and oxygen atoms in total. The summed E-state index contributed by atoms with van der Waals surface area (Å²) in [6, 6.07) is 12.1. The number of nitrogens with two attached hydrogens (primary N) is 1. The van der Waals surface area contributed by atoms with Gasteiger partial charge in [-0.15, -0.1) is 0 Å². The number of thiocarbonyl (C=S) groups is 1. The van der Waals surface area contributed by atoms with Crippen LogP contribution in [-0.4, -0.2) is 29.6 Å². The Hall–Kier alpha value is -1.98. The topological polar surface area (TPSA) is 63.0 Å². The lowest BCUT2D eigenvalue weighted by molar-refractivity contribution is 0.373. The van der Waals surface area contributed by atoms with Gasteiger partial charge in [-0.2, -0.15) is 0 Å². The second-order valence-electron chi connectivity index (χ2n) is 7.53. The van der Waals surface area contributed by atoms with Gasteiger partial charge in [0.05, 0.1) is 11.3 Å². The number of aryl methyl sites for hydroxylation is 1. The van der Waals surface area contributed by atoms with Crippen molar-refractivity contribution in [1.82, 2.24) is 15.6 Å². The van der Waals surface area contributed by atoms with Crippen LogP contribution in [0.15, 0.2) is 42.6 Å². The highest BCUT2D eigenvalue weighted by molar-refractivity contribution is 7.80. The fourth-order valence-electron chi connectivity index (χ4n) is 3.25. The molecule has 0 saturated carbocycles. The lowest BCUT2D eigenvalue weighted by Gasteiger charge is -2.24. The number of nitrogens with one attached hydrogen (secondary N) is 2. The van der Waals surface area contributed by atoms with Crippen LogP contribution in [0.1, 0.15) is 55.8 Å². The highest BCUT2D eigenvalue weighted by Crippen LogP contribution is 2.25. The van der Waals surface area contributed by atoms with Crippen molar-refractivity contribution in [3.05, 3.63) is 59.4 Å². The highest BCUT2D eigenvalue weighted by atomic mass is 32.1. The SMILES string of the molecule is CCC(C)c1nccc(N)c1C(=S)NCC1CCNCC1.Cc1ccccc1. The minimum Gasteiger partial charge on any atom is -0.398 e. The Morgan fingerprint density at radius 2 is 1.93 bits per heavy atom. The molecule has 0 aliphatic carbocycles. The first-order chi connectivity index (χ1) is 13.5. The molecular formula is C23H34N4S. The molecule has 0 bridgehead atoms. The van der Waals surface area contributed by atoms with E-state index in [2.05, 4.69) is 48.5 Å². The van der Waals surface area contributed by atoms with Crippen molar-refractivity contribution in [2.75, 3.05) is 25.4 Å². The number of benzene rings is 1. The van der Waals surface area contributed by atoms with Crippen molar-refractivity contribution in [2.45, 2.75) is 46.0 Å². The van der Waals surface area contributed by atoms with E-state index in [4.69, 9.17) is 18.0 Å². The smallest absolute Gasteiger partial charge is 0.110 e. The summed E-state index contributed by atoms with van der Waals surface area (Å²) in [5, 5.41) is 6.80. The number of nitrogen functional groups attached to an aromatic ring is 1. The summed E-state index contributed by atoms with van der Waals surface area (Å²) in [6.07, 6.45) is 5.21. The molecule has 152 valence electrons. The van der Waals surface area contributed by atoms with Crippen LogP contribution in [-0.2, 0) is 0 Å². The molecule has 2 aromatic rings. The summed E-state index contributed by atoms with van der Waals surface area (Å²) in [5.41, 5.74) is 10.1. The zero-order chi connectivity index (χ0) is 20.4. The lowest BCUT2D eigenvalue weighted by atomic mass is 9.96. The number of anilines is 1. The van der Waals surface area contributed by atoms with E-state index in [1.165, 1.54) is 18.4 Å². The predicted molar refractivity (Wildman–Crippen MR) is 124 cm³/mol. The average Bonchev–Trinajstić information content (AvgIpc) is 2.73. The van der Waals surface area contributed by atoms with Crippen molar-refractivity contribution < 1.29 is 0 Å². The first kappa shape index (κ1) is 22.3. The first-order valence-corrected chi connectivity index (χ1v) is 10.7. The van der Waals surface area contributed by atoms with Crippen molar-refractivity contribution in [1.29, 1.82) is 0 Å². The van der Waals surface area contributed by atoms with Gasteiger partial charge < -0.3 is 16.4 Å². The molecular weight excluding hydrogens is 364 g/mol. The lowest BCUT2D eigenvalue weighted by Crippen LogP contribution is -2.36. The van der Waals surface area contributed by atoms with E-state index in [0.29, 0.717) is 11.8 Å². The maximum absolute atomic E-state index is 6.15. The van der Waals surface area contributed by atoms with Crippen LogP contribution in [0.2, 0.25) is 0 Å². The zero-order valence-corrected chi connectivity index (χ0v) is 18.2. The quantitative estimate of drug-likeness (QED) is 0.650. The molecule has 4 N–H and O–H groups in total. The van der Waals surface area contributed by atoms with Crippen LogP contribution in [0.25, 0.3) is 0 Å². The Morgan fingerprint density at radius 3 is 2.50 bits per heavy atom. The van der Waals surface area contributed by atoms with Crippen LogP contribution in [0, 0.1) is 12.8 Å². The minimum atomic E-state index is 0.363. The predicted octanol–water partition coefficient (Wildman–Crippen LogP) is 4.44. The molecule has 3 rings (SSSR count). The van der Waals surface area contributed by atoms with E-state index in [9.17, 15) is 0 Å². The van der Waals surface area contributed by atoms with Crippen LogP contribution in [0.3, 0.4) is 0 Å². The summed E-state index contributed by atoms with van der Waals surface area (Å²) in [4.78, 5) is 5.25. The van der Waals surface area contributed by atoms with Gasteiger partial charge in [-0.25, -0.2) is 0 Å². The van der Waals surface area contributed by atoms with E-state index in [-0.39, 0.29) is 0 Å². The largest absolute Gasteiger partial charge is 0.398 e. The Bertz CT molecular complexity index is 727. The van der Waals surface area contributed by atoms with Gasteiger partial charge in [0.25, 0.3) is 0 Å². The summed E-state index contributed by atoms with van der Waals surface area (Å²) < 4.78 is 0. The van der Waals surface area contributed by atoms with E-state index >= 15 is 0 Å². The second-order valence-corrected chi connectivity index (χ2v) is 7.94. The fraction of sp³-hybridized carbons (Fsp3) is 0.478. The molecule has 1 aromatic carbocycles. The third kappa shape index (κ3) is 6.88. The Kier molecular flexibility index (Phi) is 9.38. The molecule has 1 aromatic heterocycles.